The quantitative estimate of drug-likeness (QED) is 0.725. The summed E-state index contributed by atoms with van der Waals surface area (Å²) in [6.07, 6.45) is 0. The molecule has 1 aromatic heterocycles. The zero-order valence-corrected chi connectivity index (χ0v) is 14.7. The molecule has 26 heavy (non-hydrogen) atoms. The first-order valence-corrected chi connectivity index (χ1v) is 8.71. The molecule has 2 aromatic carbocycles. The summed E-state index contributed by atoms with van der Waals surface area (Å²) in [5, 5.41) is 0. The second-order valence-corrected chi connectivity index (χ2v) is 6.23. The average molecular weight is 351 g/mol. The number of carbonyl (C=O) groups excluding carboxylic acids is 1. The Hall–Kier alpha value is -2.86. The number of rotatable bonds is 4. The van der Waals surface area contributed by atoms with Gasteiger partial charge < -0.3 is 18.9 Å². The van der Waals surface area contributed by atoms with E-state index >= 15 is 0 Å². The Morgan fingerprint density at radius 2 is 1.85 bits per heavy atom. The number of ether oxygens (including phenoxy) is 2. The summed E-state index contributed by atoms with van der Waals surface area (Å²) in [4.78, 5) is 19.4. The molecule has 1 fully saturated rings. The molecule has 0 bridgehead atoms. The molecule has 0 saturated carbocycles. The molecule has 0 radical (unpaired) electrons. The van der Waals surface area contributed by atoms with E-state index < -0.39 is 0 Å². The maximum absolute atomic E-state index is 12.8. The van der Waals surface area contributed by atoms with Crippen molar-refractivity contribution < 1.29 is 14.3 Å². The fourth-order valence-electron chi connectivity index (χ4n) is 3.24. The minimum Gasteiger partial charge on any atom is -0.497 e. The van der Waals surface area contributed by atoms with Crippen molar-refractivity contribution in [3.05, 3.63) is 48.5 Å². The number of imidazole rings is 1. The molecule has 134 valence electrons. The monoisotopic (exact) mass is 351 g/mol. The molecule has 0 unspecified atom stereocenters. The standard InChI is InChI=1S/C20H21N3O3/c1-25-16-8-6-15(7-9-16)20-21-17-4-2-3-5-18(17)23(20)14-19(24)22-10-12-26-13-11-22/h2-9H,10-14H2,1H3. The molecule has 3 aromatic rings. The first-order valence-electron chi connectivity index (χ1n) is 8.71. The van der Waals surface area contributed by atoms with Gasteiger partial charge >= 0.3 is 0 Å². The molecule has 2 heterocycles. The van der Waals surface area contributed by atoms with Gasteiger partial charge in [-0.1, -0.05) is 12.1 Å². The van der Waals surface area contributed by atoms with Gasteiger partial charge in [-0.25, -0.2) is 4.98 Å². The Labute approximate surface area is 152 Å². The Balaban J connectivity index is 1.72. The predicted octanol–water partition coefficient (Wildman–Crippen LogP) is 2.57. The number of fused-ring (bicyclic) bond motifs is 1. The molecular formula is C20H21N3O3. The number of benzene rings is 2. The molecule has 4 rings (SSSR count). The van der Waals surface area contributed by atoms with Crippen molar-refractivity contribution in [2.24, 2.45) is 0 Å². The number of hydrogen-bond acceptors (Lipinski definition) is 4. The Kier molecular flexibility index (Phi) is 4.58. The summed E-state index contributed by atoms with van der Waals surface area (Å²) in [6.45, 7) is 2.75. The third kappa shape index (κ3) is 3.15. The minimum absolute atomic E-state index is 0.0891. The maximum Gasteiger partial charge on any atom is 0.242 e. The third-order valence-corrected chi connectivity index (χ3v) is 4.66. The van der Waals surface area contributed by atoms with E-state index in [-0.39, 0.29) is 12.5 Å². The van der Waals surface area contributed by atoms with Gasteiger partial charge in [0.2, 0.25) is 5.91 Å². The summed E-state index contributed by atoms with van der Waals surface area (Å²) in [7, 11) is 1.64. The van der Waals surface area contributed by atoms with Crippen LogP contribution >= 0.6 is 0 Å². The number of nitrogens with zero attached hydrogens (tertiary/aromatic N) is 3. The van der Waals surface area contributed by atoms with Gasteiger partial charge in [-0.2, -0.15) is 0 Å². The van der Waals surface area contributed by atoms with Crippen LogP contribution in [0, 0.1) is 0 Å². The Morgan fingerprint density at radius 3 is 2.58 bits per heavy atom. The topological polar surface area (TPSA) is 56.6 Å². The number of morpholine rings is 1. The van der Waals surface area contributed by atoms with Crippen molar-refractivity contribution in [1.29, 1.82) is 0 Å². The normalized spacial score (nSPS) is 14.6. The van der Waals surface area contributed by atoms with Crippen molar-refractivity contribution in [3.8, 4) is 17.1 Å². The summed E-state index contributed by atoms with van der Waals surface area (Å²) >= 11 is 0. The van der Waals surface area contributed by atoms with E-state index in [1.807, 2.05) is 58.0 Å². The van der Waals surface area contributed by atoms with E-state index in [2.05, 4.69) is 0 Å². The van der Waals surface area contributed by atoms with Gasteiger partial charge in [0.25, 0.3) is 0 Å². The maximum atomic E-state index is 12.8. The highest BCUT2D eigenvalue weighted by Crippen LogP contribution is 2.26. The molecule has 0 spiro atoms. The predicted molar refractivity (Wildman–Crippen MR) is 99.1 cm³/mol. The van der Waals surface area contributed by atoms with E-state index in [0.29, 0.717) is 26.3 Å². The van der Waals surface area contributed by atoms with Crippen LogP contribution in [0.15, 0.2) is 48.5 Å². The average Bonchev–Trinajstić information content (AvgIpc) is 3.07. The minimum atomic E-state index is 0.0891. The first kappa shape index (κ1) is 16.6. The largest absolute Gasteiger partial charge is 0.497 e. The molecular weight excluding hydrogens is 330 g/mol. The van der Waals surface area contributed by atoms with E-state index in [0.717, 1.165) is 28.2 Å². The van der Waals surface area contributed by atoms with Crippen molar-refractivity contribution in [1.82, 2.24) is 14.5 Å². The summed E-state index contributed by atoms with van der Waals surface area (Å²) < 4.78 is 12.6. The lowest BCUT2D eigenvalue weighted by molar-refractivity contribution is -0.135. The molecule has 0 atom stereocenters. The highest BCUT2D eigenvalue weighted by molar-refractivity contribution is 5.84. The van der Waals surface area contributed by atoms with Crippen LogP contribution in [0.3, 0.4) is 0 Å². The van der Waals surface area contributed by atoms with E-state index in [1.54, 1.807) is 7.11 Å². The van der Waals surface area contributed by atoms with Gasteiger partial charge in [0.1, 0.15) is 18.1 Å². The van der Waals surface area contributed by atoms with Crippen LogP contribution in [0.1, 0.15) is 0 Å². The molecule has 0 aliphatic carbocycles. The highest BCUT2D eigenvalue weighted by Gasteiger charge is 2.20. The summed E-state index contributed by atoms with van der Waals surface area (Å²) in [5.41, 5.74) is 2.80. The number of amides is 1. The lowest BCUT2D eigenvalue weighted by Gasteiger charge is -2.27. The molecule has 1 aliphatic heterocycles. The second kappa shape index (κ2) is 7.17. The van der Waals surface area contributed by atoms with E-state index in [1.165, 1.54) is 0 Å². The van der Waals surface area contributed by atoms with Crippen molar-refractivity contribution >= 4 is 16.9 Å². The van der Waals surface area contributed by atoms with Gasteiger partial charge in [-0.05, 0) is 36.4 Å². The molecule has 0 N–H and O–H groups in total. The molecule has 1 amide bonds. The van der Waals surface area contributed by atoms with Crippen molar-refractivity contribution in [3.63, 3.8) is 0 Å². The van der Waals surface area contributed by atoms with E-state index in [9.17, 15) is 4.79 Å². The van der Waals surface area contributed by atoms with Crippen LogP contribution in [-0.4, -0.2) is 53.8 Å². The lowest BCUT2D eigenvalue weighted by atomic mass is 10.2. The number of para-hydroxylation sites is 2. The van der Waals surface area contributed by atoms with Crippen LogP contribution in [0.25, 0.3) is 22.4 Å². The number of methoxy groups -OCH3 is 1. The van der Waals surface area contributed by atoms with Crippen molar-refractivity contribution in [2.45, 2.75) is 6.54 Å². The van der Waals surface area contributed by atoms with E-state index in [4.69, 9.17) is 14.5 Å². The Bertz CT molecular complexity index is 912. The number of aromatic nitrogens is 2. The second-order valence-electron chi connectivity index (χ2n) is 6.23. The van der Waals surface area contributed by atoms with Crippen LogP contribution in [0.2, 0.25) is 0 Å². The molecule has 6 nitrogen and oxygen atoms in total. The molecule has 1 aliphatic rings. The van der Waals surface area contributed by atoms with Gasteiger partial charge in [0, 0.05) is 18.7 Å². The van der Waals surface area contributed by atoms with Crippen molar-refractivity contribution in [2.75, 3.05) is 33.4 Å². The Morgan fingerprint density at radius 1 is 1.12 bits per heavy atom. The van der Waals surface area contributed by atoms with Crippen LogP contribution in [0.4, 0.5) is 0 Å². The molecule has 1 saturated heterocycles. The third-order valence-electron chi connectivity index (χ3n) is 4.66. The summed E-state index contributed by atoms with van der Waals surface area (Å²) in [5.74, 6) is 1.67. The fraction of sp³-hybridized carbons (Fsp3) is 0.300. The van der Waals surface area contributed by atoms with Gasteiger partial charge in [-0.15, -0.1) is 0 Å². The zero-order valence-electron chi connectivity index (χ0n) is 14.7. The van der Waals surface area contributed by atoms with Gasteiger partial charge in [-0.3, -0.25) is 4.79 Å². The first-order chi connectivity index (χ1) is 12.8. The van der Waals surface area contributed by atoms with Gasteiger partial charge in [0.05, 0.1) is 31.4 Å². The fourth-order valence-corrected chi connectivity index (χ4v) is 3.24. The smallest absolute Gasteiger partial charge is 0.242 e. The number of hydrogen-bond donors (Lipinski definition) is 0. The highest BCUT2D eigenvalue weighted by atomic mass is 16.5. The van der Waals surface area contributed by atoms with Crippen LogP contribution < -0.4 is 4.74 Å². The zero-order chi connectivity index (χ0) is 17.9. The number of carbonyl (C=O) groups is 1. The van der Waals surface area contributed by atoms with Crippen LogP contribution in [0.5, 0.6) is 5.75 Å². The molecule has 6 heteroatoms. The SMILES string of the molecule is COc1ccc(-c2nc3ccccc3n2CC(=O)N2CCOCC2)cc1. The lowest BCUT2D eigenvalue weighted by Crippen LogP contribution is -2.42. The van der Waals surface area contributed by atoms with Crippen LogP contribution in [-0.2, 0) is 16.1 Å². The van der Waals surface area contributed by atoms with Gasteiger partial charge in [0.15, 0.2) is 0 Å². The summed E-state index contributed by atoms with van der Waals surface area (Å²) in [6, 6.07) is 15.6.